The molecule has 1 fully saturated rings. The van der Waals surface area contributed by atoms with Gasteiger partial charge in [-0.1, -0.05) is 36.8 Å². The van der Waals surface area contributed by atoms with Crippen molar-refractivity contribution in [2.45, 2.75) is 39.3 Å². The van der Waals surface area contributed by atoms with Crippen molar-refractivity contribution in [3.05, 3.63) is 54.1 Å². The summed E-state index contributed by atoms with van der Waals surface area (Å²) in [6.45, 7) is 9.45. The molecule has 0 radical (unpaired) electrons. The maximum Gasteiger partial charge on any atom is 0.194 e. The summed E-state index contributed by atoms with van der Waals surface area (Å²) in [6.07, 6.45) is 6.29. The molecular weight excluding hydrogens is 465 g/mol. The number of aliphatic hydroxyl groups is 1. The lowest BCUT2D eigenvalue weighted by Gasteiger charge is -2.39. The van der Waals surface area contributed by atoms with Crippen molar-refractivity contribution in [2.75, 3.05) is 26.2 Å². The lowest BCUT2D eigenvalue weighted by molar-refractivity contribution is 0.179. The summed E-state index contributed by atoms with van der Waals surface area (Å²) >= 11 is 0. The van der Waals surface area contributed by atoms with Gasteiger partial charge >= 0.3 is 0 Å². The van der Waals surface area contributed by atoms with Crippen molar-refractivity contribution in [2.24, 2.45) is 10.9 Å². The maximum atomic E-state index is 10.5. The van der Waals surface area contributed by atoms with Crippen LogP contribution in [0.25, 0.3) is 0 Å². The highest BCUT2D eigenvalue weighted by atomic mass is 127. The number of nitrogens with one attached hydrogen (secondary N) is 1. The van der Waals surface area contributed by atoms with E-state index in [4.69, 9.17) is 4.99 Å². The van der Waals surface area contributed by atoms with E-state index < -0.39 is 6.10 Å². The summed E-state index contributed by atoms with van der Waals surface area (Å²) in [6, 6.07) is 8.37. The van der Waals surface area contributed by atoms with Crippen LogP contribution >= 0.6 is 24.0 Å². The number of halogens is 1. The van der Waals surface area contributed by atoms with Gasteiger partial charge in [0.1, 0.15) is 0 Å². The van der Waals surface area contributed by atoms with Crippen molar-refractivity contribution in [1.29, 1.82) is 0 Å². The van der Waals surface area contributed by atoms with Crippen molar-refractivity contribution in [1.82, 2.24) is 19.8 Å². The quantitative estimate of drug-likeness (QED) is 0.378. The van der Waals surface area contributed by atoms with Crippen LogP contribution in [0.3, 0.4) is 0 Å². The molecule has 154 valence electrons. The van der Waals surface area contributed by atoms with Gasteiger partial charge in [-0.05, 0) is 31.7 Å². The Kier molecular flexibility index (Phi) is 8.75. The number of rotatable bonds is 5. The highest BCUT2D eigenvalue weighted by Gasteiger charge is 2.29. The van der Waals surface area contributed by atoms with E-state index in [0.717, 1.165) is 37.6 Å². The lowest BCUT2D eigenvalue weighted by atomic mass is 9.93. The van der Waals surface area contributed by atoms with Crippen LogP contribution < -0.4 is 5.32 Å². The second-order valence-electron chi connectivity index (χ2n) is 7.41. The summed E-state index contributed by atoms with van der Waals surface area (Å²) in [5.41, 5.74) is 2.10. The number of hydrogen-bond acceptors (Lipinski definition) is 3. The number of benzene rings is 1. The number of imidazole rings is 1. The van der Waals surface area contributed by atoms with Gasteiger partial charge in [-0.15, -0.1) is 24.0 Å². The van der Waals surface area contributed by atoms with Crippen molar-refractivity contribution >= 4 is 29.9 Å². The van der Waals surface area contributed by atoms with Crippen LogP contribution in [0.15, 0.2) is 48.0 Å². The third-order valence-corrected chi connectivity index (χ3v) is 5.34. The SMILES string of the molecule is CCNC(=NCC(O)c1ccc(C)cc1)N1CCC(C)C(n2ccnc2)C1.I. The molecule has 2 aromatic rings. The molecule has 1 aromatic heterocycles. The number of aryl methyl sites for hydroxylation is 1. The first-order valence-electron chi connectivity index (χ1n) is 9.83. The van der Waals surface area contributed by atoms with E-state index >= 15 is 0 Å². The molecule has 0 bridgehead atoms. The number of hydrogen-bond donors (Lipinski definition) is 2. The van der Waals surface area contributed by atoms with Crippen LogP contribution in [0.1, 0.15) is 43.5 Å². The summed E-state index contributed by atoms with van der Waals surface area (Å²) < 4.78 is 2.20. The van der Waals surface area contributed by atoms with Crippen LogP contribution in [0.4, 0.5) is 0 Å². The van der Waals surface area contributed by atoms with Gasteiger partial charge in [0.05, 0.1) is 25.0 Å². The van der Waals surface area contributed by atoms with Crippen LogP contribution in [-0.4, -0.2) is 51.7 Å². The van der Waals surface area contributed by atoms with Crippen LogP contribution in [0, 0.1) is 12.8 Å². The average Bonchev–Trinajstić information content (AvgIpc) is 3.20. The van der Waals surface area contributed by atoms with E-state index in [9.17, 15) is 5.11 Å². The van der Waals surface area contributed by atoms with Gasteiger partial charge in [-0.2, -0.15) is 0 Å². The van der Waals surface area contributed by atoms with Crippen LogP contribution in [-0.2, 0) is 0 Å². The Hall–Kier alpha value is -1.61. The molecule has 3 unspecified atom stereocenters. The fraction of sp³-hybridized carbons (Fsp3) is 0.524. The third kappa shape index (κ3) is 5.70. The zero-order valence-corrected chi connectivity index (χ0v) is 19.3. The Bertz CT molecular complexity index is 732. The van der Waals surface area contributed by atoms with E-state index in [-0.39, 0.29) is 24.0 Å². The molecule has 28 heavy (non-hydrogen) atoms. The smallest absolute Gasteiger partial charge is 0.194 e. The molecule has 3 atom stereocenters. The predicted octanol–water partition coefficient (Wildman–Crippen LogP) is 3.39. The van der Waals surface area contributed by atoms with Gasteiger partial charge < -0.3 is 19.9 Å². The molecule has 2 heterocycles. The number of piperidine rings is 1. The Morgan fingerprint density at radius 3 is 2.75 bits per heavy atom. The fourth-order valence-electron chi connectivity index (χ4n) is 3.59. The first kappa shape index (κ1) is 22.7. The van der Waals surface area contributed by atoms with Crippen molar-refractivity contribution in [3.63, 3.8) is 0 Å². The third-order valence-electron chi connectivity index (χ3n) is 5.34. The summed E-state index contributed by atoms with van der Waals surface area (Å²) in [5, 5.41) is 13.9. The van der Waals surface area contributed by atoms with E-state index in [2.05, 4.69) is 33.6 Å². The van der Waals surface area contributed by atoms with E-state index in [0.29, 0.717) is 18.5 Å². The van der Waals surface area contributed by atoms with E-state index in [1.807, 2.05) is 49.9 Å². The first-order valence-corrected chi connectivity index (χ1v) is 9.83. The standard InChI is InChI=1S/C21H31N5O.HI/c1-4-23-21(24-13-20(27)18-7-5-16(2)6-8-18)25-11-9-17(3)19(14-25)26-12-10-22-15-26;/h5-8,10,12,15,17,19-20,27H,4,9,11,13-14H2,1-3H3,(H,23,24);1H. The van der Waals surface area contributed by atoms with Crippen LogP contribution in [0.2, 0.25) is 0 Å². The Labute approximate surface area is 185 Å². The van der Waals surface area contributed by atoms with Crippen molar-refractivity contribution in [3.8, 4) is 0 Å². The largest absolute Gasteiger partial charge is 0.386 e. The summed E-state index contributed by atoms with van der Waals surface area (Å²) in [7, 11) is 0. The fourth-order valence-corrected chi connectivity index (χ4v) is 3.59. The Morgan fingerprint density at radius 1 is 1.36 bits per heavy atom. The molecule has 1 aliphatic heterocycles. The van der Waals surface area contributed by atoms with Gasteiger partial charge in [0.15, 0.2) is 5.96 Å². The van der Waals surface area contributed by atoms with E-state index in [1.165, 1.54) is 5.56 Å². The molecule has 0 saturated carbocycles. The molecule has 0 amide bonds. The molecular formula is C21H32IN5O. The molecule has 3 rings (SSSR count). The van der Waals surface area contributed by atoms with Gasteiger partial charge in [0.2, 0.25) is 0 Å². The van der Waals surface area contributed by atoms with Gasteiger partial charge in [0, 0.05) is 32.0 Å². The minimum Gasteiger partial charge on any atom is -0.386 e. The molecule has 1 aliphatic rings. The number of likely N-dealkylation sites (tertiary alicyclic amines) is 1. The predicted molar refractivity (Wildman–Crippen MR) is 124 cm³/mol. The van der Waals surface area contributed by atoms with Crippen LogP contribution in [0.5, 0.6) is 0 Å². The average molecular weight is 497 g/mol. The topological polar surface area (TPSA) is 65.7 Å². The second kappa shape index (κ2) is 10.8. The minimum atomic E-state index is -0.590. The highest BCUT2D eigenvalue weighted by Crippen LogP contribution is 2.27. The summed E-state index contributed by atoms with van der Waals surface area (Å²) in [4.78, 5) is 11.2. The molecule has 1 saturated heterocycles. The molecule has 1 aromatic carbocycles. The first-order chi connectivity index (χ1) is 13.1. The number of nitrogens with zero attached hydrogens (tertiary/aromatic N) is 4. The maximum absolute atomic E-state index is 10.5. The Balaban J connectivity index is 0.00000280. The number of aromatic nitrogens is 2. The normalized spacial score (nSPS) is 21.1. The molecule has 2 N–H and O–H groups in total. The van der Waals surface area contributed by atoms with Gasteiger partial charge in [-0.3, -0.25) is 4.99 Å². The number of guanidine groups is 1. The zero-order valence-electron chi connectivity index (χ0n) is 17.0. The molecule has 0 spiro atoms. The minimum absolute atomic E-state index is 0. The summed E-state index contributed by atoms with van der Waals surface area (Å²) in [5.74, 6) is 1.47. The second-order valence-corrected chi connectivity index (χ2v) is 7.41. The van der Waals surface area contributed by atoms with Crippen molar-refractivity contribution < 1.29 is 5.11 Å². The van der Waals surface area contributed by atoms with Gasteiger partial charge in [0.25, 0.3) is 0 Å². The Morgan fingerprint density at radius 2 is 2.11 bits per heavy atom. The highest BCUT2D eigenvalue weighted by molar-refractivity contribution is 14.0. The molecule has 7 heteroatoms. The number of aliphatic imine (C=N–C) groups is 1. The van der Waals surface area contributed by atoms with E-state index in [1.54, 1.807) is 0 Å². The molecule has 0 aliphatic carbocycles. The molecule has 6 nitrogen and oxygen atoms in total. The monoisotopic (exact) mass is 497 g/mol. The van der Waals surface area contributed by atoms with Gasteiger partial charge in [-0.25, -0.2) is 4.98 Å². The number of aliphatic hydroxyl groups excluding tert-OH is 1. The zero-order chi connectivity index (χ0) is 19.2. The lowest BCUT2D eigenvalue weighted by Crippen LogP contribution is -2.49.